The molecule has 0 aliphatic rings. The van der Waals surface area contributed by atoms with Crippen molar-refractivity contribution in [2.24, 2.45) is 0 Å². The third kappa shape index (κ3) is 3.18. The number of benzene rings is 1. The zero-order chi connectivity index (χ0) is 12.4. The Bertz CT molecular complexity index is 516. The fraction of sp³-hybridized carbons (Fsp3) is 0. The first-order valence-electron chi connectivity index (χ1n) is 4.50. The van der Waals surface area contributed by atoms with Crippen molar-refractivity contribution in [2.45, 2.75) is 0 Å². The Labute approximate surface area is 119 Å². The van der Waals surface area contributed by atoms with E-state index >= 15 is 0 Å². The minimum Gasteiger partial charge on any atom is -0.435 e. The minimum atomic E-state index is -0.541. The lowest BCUT2D eigenvalue weighted by molar-refractivity contribution is 0.420. The van der Waals surface area contributed by atoms with E-state index in [9.17, 15) is 4.39 Å². The molecule has 0 fully saturated rings. The summed E-state index contributed by atoms with van der Waals surface area (Å²) in [7, 11) is 0. The first kappa shape index (κ1) is 12.8. The second kappa shape index (κ2) is 5.33. The van der Waals surface area contributed by atoms with E-state index < -0.39 is 5.82 Å². The fourth-order valence-corrected chi connectivity index (χ4v) is 2.21. The molecule has 0 N–H and O–H groups in total. The van der Waals surface area contributed by atoms with Crippen molar-refractivity contribution >= 4 is 43.5 Å². The van der Waals surface area contributed by atoms with Crippen molar-refractivity contribution in [3.05, 3.63) is 50.2 Å². The Morgan fingerprint density at radius 3 is 2.65 bits per heavy atom. The summed E-state index contributed by atoms with van der Waals surface area (Å²) in [5.74, 6) is -0.180. The van der Waals surface area contributed by atoms with Crippen molar-refractivity contribution in [1.82, 2.24) is 4.98 Å². The van der Waals surface area contributed by atoms with E-state index in [2.05, 4.69) is 36.8 Å². The topological polar surface area (TPSA) is 22.1 Å². The largest absolute Gasteiger partial charge is 0.435 e. The maximum absolute atomic E-state index is 13.5. The molecule has 0 unspecified atom stereocenters. The quantitative estimate of drug-likeness (QED) is 0.714. The van der Waals surface area contributed by atoms with Crippen molar-refractivity contribution in [3.63, 3.8) is 0 Å². The number of nitrogens with zero attached hydrogens (tertiary/aromatic N) is 1. The van der Waals surface area contributed by atoms with Gasteiger partial charge in [0.2, 0.25) is 0 Å². The van der Waals surface area contributed by atoms with E-state index in [1.165, 1.54) is 12.3 Å². The molecule has 0 aliphatic carbocycles. The van der Waals surface area contributed by atoms with E-state index in [4.69, 9.17) is 16.3 Å². The second-order valence-electron chi connectivity index (χ2n) is 3.12. The number of pyridine rings is 1. The van der Waals surface area contributed by atoms with E-state index in [0.29, 0.717) is 19.7 Å². The van der Waals surface area contributed by atoms with Crippen LogP contribution in [0.25, 0.3) is 0 Å². The molecule has 2 aromatic rings. The number of ether oxygens (including phenoxy) is 1. The Hall–Kier alpha value is -0.650. The molecule has 2 nitrogen and oxygen atoms in total. The Balaban J connectivity index is 2.31. The number of aromatic nitrogens is 1. The molecule has 0 saturated carbocycles. The molecule has 0 amide bonds. The van der Waals surface area contributed by atoms with E-state index in [1.54, 1.807) is 18.2 Å². The van der Waals surface area contributed by atoms with Crippen LogP contribution >= 0.6 is 43.5 Å². The first-order chi connectivity index (χ1) is 8.06. The highest BCUT2D eigenvalue weighted by molar-refractivity contribution is 9.10. The van der Waals surface area contributed by atoms with Crippen LogP contribution in [0.4, 0.5) is 4.39 Å². The van der Waals surface area contributed by atoms with Crippen molar-refractivity contribution in [3.8, 4) is 11.6 Å². The van der Waals surface area contributed by atoms with Gasteiger partial charge in [0.05, 0.1) is 4.47 Å². The average molecular weight is 381 g/mol. The molecule has 6 heteroatoms. The highest BCUT2D eigenvalue weighted by Crippen LogP contribution is 2.32. The summed E-state index contributed by atoms with van der Waals surface area (Å²) in [6, 6.07) is 6.23. The maximum Gasteiger partial charge on any atom is 0.255 e. The number of hydrogen-bond acceptors (Lipinski definition) is 2. The lowest BCUT2D eigenvalue weighted by atomic mass is 10.3. The van der Waals surface area contributed by atoms with Gasteiger partial charge in [0.1, 0.15) is 5.75 Å². The number of rotatable bonds is 2. The number of halogens is 4. The molecule has 17 heavy (non-hydrogen) atoms. The van der Waals surface area contributed by atoms with Crippen molar-refractivity contribution in [1.29, 1.82) is 0 Å². The van der Waals surface area contributed by atoms with E-state index in [0.717, 1.165) is 0 Å². The third-order valence-corrected chi connectivity index (χ3v) is 3.16. The summed E-state index contributed by atoms with van der Waals surface area (Å²) >= 11 is 12.2. The van der Waals surface area contributed by atoms with Crippen LogP contribution in [0.15, 0.2) is 39.4 Å². The van der Waals surface area contributed by atoms with Crippen LogP contribution in [-0.2, 0) is 0 Å². The monoisotopic (exact) mass is 379 g/mol. The smallest absolute Gasteiger partial charge is 0.255 e. The maximum atomic E-state index is 13.5. The standard InChI is InChI=1S/C11H5Br2ClFNO/c12-6-3-9(15)11(16-5-6)17-10-2-1-7(14)4-8(10)13/h1-5H. The average Bonchev–Trinajstić information content (AvgIpc) is 2.25. The minimum absolute atomic E-state index is 0.0868. The van der Waals surface area contributed by atoms with Gasteiger partial charge in [0, 0.05) is 15.7 Å². The summed E-state index contributed by atoms with van der Waals surface area (Å²) in [4.78, 5) is 3.84. The van der Waals surface area contributed by atoms with Gasteiger partial charge in [-0.25, -0.2) is 9.37 Å². The van der Waals surface area contributed by atoms with E-state index in [-0.39, 0.29) is 5.88 Å². The molecule has 0 bridgehead atoms. The summed E-state index contributed by atoms with van der Waals surface area (Å²) in [5.41, 5.74) is 0. The highest BCUT2D eigenvalue weighted by atomic mass is 79.9. The predicted molar refractivity (Wildman–Crippen MR) is 71.1 cm³/mol. The summed E-state index contributed by atoms with van der Waals surface area (Å²) in [6.07, 6.45) is 1.46. The number of hydrogen-bond donors (Lipinski definition) is 0. The molecule has 1 aromatic carbocycles. The molecule has 88 valence electrons. The second-order valence-corrected chi connectivity index (χ2v) is 5.32. The van der Waals surface area contributed by atoms with Crippen LogP contribution in [0.3, 0.4) is 0 Å². The lowest BCUT2D eigenvalue weighted by Crippen LogP contribution is -1.92. The normalized spacial score (nSPS) is 10.4. The molecular weight excluding hydrogens is 376 g/mol. The molecule has 0 aliphatic heterocycles. The van der Waals surface area contributed by atoms with Crippen LogP contribution in [0.2, 0.25) is 5.02 Å². The summed E-state index contributed by atoms with van der Waals surface area (Å²) in [5, 5.41) is 0.563. The van der Waals surface area contributed by atoms with Crippen molar-refractivity contribution < 1.29 is 9.13 Å². The van der Waals surface area contributed by atoms with Gasteiger partial charge < -0.3 is 4.74 Å². The lowest BCUT2D eigenvalue weighted by Gasteiger charge is -2.07. The Morgan fingerprint density at radius 1 is 1.24 bits per heavy atom. The van der Waals surface area contributed by atoms with Gasteiger partial charge in [-0.3, -0.25) is 0 Å². The van der Waals surface area contributed by atoms with Crippen LogP contribution in [0.5, 0.6) is 11.6 Å². The van der Waals surface area contributed by atoms with Gasteiger partial charge in [0.15, 0.2) is 5.82 Å². The highest BCUT2D eigenvalue weighted by Gasteiger charge is 2.09. The van der Waals surface area contributed by atoms with Crippen LogP contribution in [0, 0.1) is 5.82 Å². The van der Waals surface area contributed by atoms with Gasteiger partial charge in [0.25, 0.3) is 5.88 Å². The van der Waals surface area contributed by atoms with Crippen molar-refractivity contribution in [2.75, 3.05) is 0 Å². The van der Waals surface area contributed by atoms with Gasteiger partial charge in [-0.2, -0.15) is 0 Å². The van der Waals surface area contributed by atoms with Crippen LogP contribution < -0.4 is 4.74 Å². The third-order valence-electron chi connectivity index (χ3n) is 1.87. The van der Waals surface area contributed by atoms with Gasteiger partial charge in [-0.05, 0) is 56.1 Å². The first-order valence-corrected chi connectivity index (χ1v) is 6.46. The van der Waals surface area contributed by atoms with E-state index in [1.807, 2.05) is 0 Å². The molecule has 0 radical (unpaired) electrons. The van der Waals surface area contributed by atoms with Gasteiger partial charge in [-0.15, -0.1) is 0 Å². The molecule has 2 rings (SSSR count). The Morgan fingerprint density at radius 2 is 2.00 bits per heavy atom. The summed E-state index contributed by atoms with van der Waals surface area (Å²) in [6.45, 7) is 0. The zero-order valence-corrected chi connectivity index (χ0v) is 12.2. The van der Waals surface area contributed by atoms with Gasteiger partial charge in [-0.1, -0.05) is 11.6 Å². The molecular formula is C11H5Br2ClFNO. The summed E-state index contributed by atoms with van der Waals surface area (Å²) < 4.78 is 20.0. The van der Waals surface area contributed by atoms with Crippen LogP contribution in [-0.4, -0.2) is 4.98 Å². The fourth-order valence-electron chi connectivity index (χ4n) is 1.14. The SMILES string of the molecule is Fc1cc(Br)cnc1Oc1ccc(Cl)cc1Br. The molecule has 0 saturated heterocycles. The zero-order valence-electron chi connectivity index (χ0n) is 8.25. The van der Waals surface area contributed by atoms with Gasteiger partial charge >= 0.3 is 0 Å². The molecule has 0 atom stereocenters. The molecule has 1 heterocycles. The Kier molecular flexibility index (Phi) is 4.01. The molecule has 0 spiro atoms. The molecule has 1 aromatic heterocycles. The van der Waals surface area contributed by atoms with Crippen LogP contribution in [0.1, 0.15) is 0 Å². The predicted octanol–water partition coefficient (Wildman–Crippen LogP) is 5.19.